The van der Waals surface area contributed by atoms with E-state index in [0.29, 0.717) is 12.8 Å². The van der Waals surface area contributed by atoms with Gasteiger partial charge in [-0.15, -0.1) is 0 Å². The smallest absolute Gasteiger partial charge is 0.306 e. The molecular formula is C45H72O11. The van der Waals surface area contributed by atoms with Crippen molar-refractivity contribution in [3.05, 3.63) is 60.8 Å². The summed E-state index contributed by atoms with van der Waals surface area (Å²) in [4.78, 5) is 37.6. The number of carbonyl (C=O) groups is 3. The molecule has 4 N–H and O–H groups in total. The van der Waals surface area contributed by atoms with Crippen molar-refractivity contribution in [2.75, 3.05) is 19.8 Å². The van der Waals surface area contributed by atoms with E-state index in [-0.39, 0.29) is 43.7 Å². The van der Waals surface area contributed by atoms with Gasteiger partial charge in [0.1, 0.15) is 31.0 Å². The van der Waals surface area contributed by atoms with Crippen LogP contribution in [0.15, 0.2) is 60.8 Å². The van der Waals surface area contributed by atoms with Crippen LogP contribution in [0.2, 0.25) is 0 Å². The zero-order valence-electron chi connectivity index (χ0n) is 34.1. The molecule has 8 atom stereocenters. The molecule has 1 fully saturated rings. The Balaban J connectivity index is 1.71. The van der Waals surface area contributed by atoms with Crippen LogP contribution in [0, 0.1) is 11.8 Å². The van der Waals surface area contributed by atoms with Crippen molar-refractivity contribution in [2.24, 2.45) is 11.8 Å². The number of ketones is 1. The highest BCUT2D eigenvalue weighted by atomic mass is 16.7. The van der Waals surface area contributed by atoms with E-state index in [1.165, 1.54) is 0 Å². The van der Waals surface area contributed by atoms with Gasteiger partial charge < -0.3 is 39.4 Å². The molecule has 0 aromatic heterocycles. The molecule has 0 amide bonds. The molecule has 1 heterocycles. The van der Waals surface area contributed by atoms with Gasteiger partial charge in [-0.1, -0.05) is 113 Å². The predicted octanol–water partition coefficient (Wildman–Crippen LogP) is 7.31. The molecule has 0 saturated carbocycles. The minimum absolute atomic E-state index is 0.0497. The van der Waals surface area contributed by atoms with E-state index in [4.69, 9.17) is 18.9 Å². The van der Waals surface area contributed by atoms with Crippen LogP contribution in [0.1, 0.15) is 136 Å². The molecule has 1 saturated heterocycles. The highest BCUT2D eigenvalue weighted by Gasteiger charge is 2.44. The van der Waals surface area contributed by atoms with Crippen LogP contribution in [-0.4, -0.2) is 94.8 Å². The monoisotopic (exact) mass is 789 g/mol. The van der Waals surface area contributed by atoms with E-state index < -0.39 is 55.4 Å². The first kappa shape index (κ1) is 49.2. The maximum absolute atomic E-state index is 12.8. The molecule has 0 radical (unpaired) electrons. The Labute approximate surface area is 335 Å². The molecular weight excluding hydrogens is 716 g/mol. The third kappa shape index (κ3) is 21.0. The maximum atomic E-state index is 12.8. The number of aliphatic hydroxyl groups excluding tert-OH is 4. The van der Waals surface area contributed by atoms with Crippen LogP contribution >= 0.6 is 0 Å². The van der Waals surface area contributed by atoms with Crippen LogP contribution < -0.4 is 0 Å². The first-order chi connectivity index (χ1) is 27.2. The van der Waals surface area contributed by atoms with Gasteiger partial charge in [-0.3, -0.25) is 14.4 Å². The Morgan fingerprint density at radius 2 is 1.34 bits per heavy atom. The van der Waals surface area contributed by atoms with Crippen LogP contribution in [0.25, 0.3) is 0 Å². The van der Waals surface area contributed by atoms with Gasteiger partial charge in [0.05, 0.1) is 13.2 Å². The van der Waals surface area contributed by atoms with Gasteiger partial charge in [0.25, 0.3) is 0 Å². The Morgan fingerprint density at radius 1 is 0.732 bits per heavy atom. The number of ether oxygens (including phenoxy) is 4. The molecule has 0 aromatic rings. The first-order valence-electron chi connectivity index (χ1n) is 21.3. The SMILES string of the molecule is CC/C=C\C/C=C\C/C=C\CCCCCCCC(=O)OC[C@H](CO[C@@H]1O[C@H](CO)[C@H](O)[C@H](O)[C@H]1O)OC(=O)CCCCCCC[C@H]1C=CC(=O)[C@H]1C/C=C\CC. The van der Waals surface area contributed by atoms with E-state index >= 15 is 0 Å². The third-order valence-corrected chi connectivity index (χ3v) is 10.2. The van der Waals surface area contributed by atoms with E-state index in [1.807, 2.05) is 6.08 Å². The van der Waals surface area contributed by atoms with Gasteiger partial charge in [0.2, 0.25) is 0 Å². The summed E-state index contributed by atoms with van der Waals surface area (Å²) in [7, 11) is 0. The number of aliphatic hydroxyl groups is 4. The lowest BCUT2D eigenvalue weighted by Crippen LogP contribution is -2.59. The number of hydrogen-bond donors (Lipinski definition) is 4. The number of esters is 2. The summed E-state index contributed by atoms with van der Waals surface area (Å²) < 4.78 is 22.1. The summed E-state index contributed by atoms with van der Waals surface area (Å²) in [5, 5.41) is 40.1. The minimum atomic E-state index is -1.62. The Bertz CT molecular complexity index is 1220. The molecule has 0 unspecified atom stereocenters. The second-order valence-corrected chi connectivity index (χ2v) is 14.9. The number of unbranched alkanes of at least 4 members (excludes halogenated alkanes) is 9. The number of hydrogen-bond acceptors (Lipinski definition) is 11. The lowest BCUT2D eigenvalue weighted by atomic mass is 9.87. The number of rotatable bonds is 31. The number of carbonyl (C=O) groups excluding carboxylic acids is 3. The highest BCUT2D eigenvalue weighted by molar-refractivity contribution is 5.94. The summed E-state index contributed by atoms with van der Waals surface area (Å²) in [5.41, 5.74) is 0. The van der Waals surface area contributed by atoms with E-state index in [2.05, 4.69) is 62.5 Å². The van der Waals surface area contributed by atoms with Crippen molar-refractivity contribution in [3.63, 3.8) is 0 Å². The van der Waals surface area contributed by atoms with Gasteiger partial charge >= 0.3 is 11.9 Å². The van der Waals surface area contributed by atoms with Gasteiger partial charge in [0.15, 0.2) is 18.2 Å². The summed E-state index contributed by atoms with van der Waals surface area (Å²) in [6.45, 7) is 3.04. The molecule has 2 rings (SSSR count). The average Bonchev–Trinajstić information content (AvgIpc) is 3.54. The second-order valence-electron chi connectivity index (χ2n) is 14.9. The predicted molar refractivity (Wildman–Crippen MR) is 217 cm³/mol. The molecule has 2 aliphatic rings. The van der Waals surface area contributed by atoms with Crippen LogP contribution in [-0.2, 0) is 33.3 Å². The summed E-state index contributed by atoms with van der Waals surface area (Å²) in [6, 6.07) is 0. The van der Waals surface area contributed by atoms with Crippen LogP contribution in [0.3, 0.4) is 0 Å². The first-order valence-corrected chi connectivity index (χ1v) is 21.3. The van der Waals surface area contributed by atoms with Crippen molar-refractivity contribution in [1.29, 1.82) is 0 Å². The molecule has 0 spiro atoms. The largest absolute Gasteiger partial charge is 0.462 e. The Hall–Kier alpha value is -2.93. The summed E-state index contributed by atoms with van der Waals surface area (Å²) in [5.74, 6) is -0.340. The Kier molecular flexibility index (Phi) is 27.3. The van der Waals surface area contributed by atoms with Gasteiger partial charge in [-0.05, 0) is 76.2 Å². The molecule has 0 aromatic carbocycles. The van der Waals surface area contributed by atoms with Crippen molar-refractivity contribution < 1.29 is 53.8 Å². The number of allylic oxidation sites excluding steroid dienone is 10. The topological polar surface area (TPSA) is 169 Å². The third-order valence-electron chi connectivity index (χ3n) is 10.2. The fourth-order valence-electron chi connectivity index (χ4n) is 6.78. The highest BCUT2D eigenvalue weighted by Crippen LogP contribution is 2.30. The fraction of sp³-hybridized carbons (Fsp3) is 0.711. The lowest BCUT2D eigenvalue weighted by Gasteiger charge is -2.39. The molecule has 1 aliphatic carbocycles. The maximum Gasteiger partial charge on any atom is 0.306 e. The summed E-state index contributed by atoms with van der Waals surface area (Å²) in [6.07, 6.45) is 29.2. The fourth-order valence-corrected chi connectivity index (χ4v) is 6.78. The van der Waals surface area contributed by atoms with Gasteiger partial charge in [0, 0.05) is 18.8 Å². The van der Waals surface area contributed by atoms with E-state index in [0.717, 1.165) is 96.3 Å². The van der Waals surface area contributed by atoms with Gasteiger partial charge in [-0.25, -0.2) is 0 Å². The molecule has 1 aliphatic heterocycles. The van der Waals surface area contributed by atoms with Crippen molar-refractivity contribution in [3.8, 4) is 0 Å². The molecule has 56 heavy (non-hydrogen) atoms. The van der Waals surface area contributed by atoms with Gasteiger partial charge in [-0.2, -0.15) is 0 Å². The Morgan fingerprint density at radius 3 is 2.04 bits per heavy atom. The lowest BCUT2D eigenvalue weighted by molar-refractivity contribution is -0.305. The van der Waals surface area contributed by atoms with Crippen molar-refractivity contribution >= 4 is 17.7 Å². The van der Waals surface area contributed by atoms with E-state index in [1.54, 1.807) is 6.08 Å². The van der Waals surface area contributed by atoms with Crippen molar-refractivity contribution in [2.45, 2.75) is 173 Å². The molecule has 318 valence electrons. The second kappa shape index (κ2) is 31.1. The molecule has 11 nitrogen and oxygen atoms in total. The zero-order valence-corrected chi connectivity index (χ0v) is 34.1. The normalized spacial score (nSPS) is 24.7. The minimum Gasteiger partial charge on any atom is -0.462 e. The van der Waals surface area contributed by atoms with Crippen molar-refractivity contribution in [1.82, 2.24) is 0 Å². The quantitative estimate of drug-likeness (QED) is 0.0316. The van der Waals surface area contributed by atoms with Crippen LogP contribution in [0.4, 0.5) is 0 Å². The van der Waals surface area contributed by atoms with Crippen LogP contribution in [0.5, 0.6) is 0 Å². The molecule has 0 bridgehead atoms. The average molecular weight is 789 g/mol. The summed E-state index contributed by atoms with van der Waals surface area (Å²) >= 11 is 0. The van der Waals surface area contributed by atoms with E-state index in [9.17, 15) is 34.8 Å². The standard InChI is InChI=1S/C45H72O11/c1-3-5-7-8-9-10-11-12-13-14-15-16-17-20-24-28-40(48)53-33-36(34-54-45-44(52)43(51)42(50)39(32-46)56-45)55-41(49)29-25-21-18-19-23-26-35-30-31-38(47)37(35)27-22-6-4-2/h5-7,9-10,12-13,22,30-31,35-37,39,42-46,50-52H,3-4,8,11,14-21,23-29,32-34H2,1-2H3/b7-5-,10-9-,13-12-,22-6-/t35-,36+,37-,39+,42-,43-,44+,45+/m0/s1. The zero-order chi connectivity index (χ0) is 40.8. The molecule has 11 heteroatoms.